The third-order valence-electron chi connectivity index (χ3n) is 4.30. The highest BCUT2D eigenvalue weighted by atomic mass is 15.3. The maximum atomic E-state index is 5.93. The van der Waals surface area contributed by atoms with Gasteiger partial charge < -0.3 is 10.6 Å². The molecule has 106 valence electrons. The number of nitrogens with zero attached hydrogens (tertiary/aromatic N) is 3. The van der Waals surface area contributed by atoms with Crippen LogP contribution in [-0.4, -0.2) is 42.1 Å². The lowest BCUT2D eigenvalue weighted by Gasteiger charge is -2.46. The molecule has 1 aromatic heterocycles. The van der Waals surface area contributed by atoms with Crippen LogP contribution in [0.4, 0.5) is 5.69 Å². The standard InChI is InChI=1S/C15H26N4/c1-11-8-14(13(9-16)12(2)17-11)19-7-6-18(5)15(3,4)10-19/h8H,6-7,9-10,16H2,1-5H3. The summed E-state index contributed by atoms with van der Waals surface area (Å²) >= 11 is 0. The Hall–Kier alpha value is -1.13. The van der Waals surface area contributed by atoms with Gasteiger partial charge in [0.15, 0.2) is 0 Å². The van der Waals surface area contributed by atoms with Crippen LogP contribution in [0.5, 0.6) is 0 Å². The van der Waals surface area contributed by atoms with E-state index in [1.54, 1.807) is 0 Å². The number of anilines is 1. The number of pyridine rings is 1. The van der Waals surface area contributed by atoms with Gasteiger partial charge in [0.05, 0.1) is 0 Å². The fourth-order valence-corrected chi connectivity index (χ4v) is 2.81. The summed E-state index contributed by atoms with van der Waals surface area (Å²) in [5.41, 5.74) is 10.7. The van der Waals surface area contributed by atoms with Crippen LogP contribution in [0, 0.1) is 13.8 Å². The molecule has 4 nitrogen and oxygen atoms in total. The summed E-state index contributed by atoms with van der Waals surface area (Å²) in [4.78, 5) is 9.42. The molecular weight excluding hydrogens is 236 g/mol. The van der Waals surface area contributed by atoms with Crippen molar-refractivity contribution in [1.82, 2.24) is 9.88 Å². The molecule has 1 saturated heterocycles. The van der Waals surface area contributed by atoms with Crippen LogP contribution in [0.3, 0.4) is 0 Å². The van der Waals surface area contributed by atoms with Crippen molar-refractivity contribution in [3.63, 3.8) is 0 Å². The van der Waals surface area contributed by atoms with Crippen LogP contribution in [0.25, 0.3) is 0 Å². The molecule has 2 heterocycles. The average Bonchev–Trinajstić information content (AvgIpc) is 2.31. The highest BCUT2D eigenvalue weighted by Crippen LogP contribution is 2.28. The van der Waals surface area contributed by atoms with E-state index < -0.39 is 0 Å². The average molecular weight is 262 g/mol. The summed E-state index contributed by atoms with van der Waals surface area (Å²) in [6, 6.07) is 2.18. The summed E-state index contributed by atoms with van der Waals surface area (Å²) in [5, 5.41) is 0. The smallest absolute Gasteiger partial charge is 0.0449 e. The molecule has 0 atom stereocenters. The van der Waals surface area contributed by atoms with Crippen LogP contribution < -0.4 is 10.6 Å². The van der Waals surface area contributed by atoms with E-state index in [-0.39, 0.29) is 5.54 Å². The Morgan fingerprint density at radius 2 is 2.00 bits per heavy atom. The van der Waals surface area contributed by atoms with Crippen molar-refractivity contribution in [2.45, 2.75) is 39.8 Å². The third-order valence-corrected chi connectivity index (χ3v) is 4.30. The second-order valence-corrected chi connectivity index (χ2v) is 6.21. The normalized spacial score (nSPS) is 19.8. The van der Waals surface area contributed by atoms with Crippen molar-refractivity contribution in [3.05, 3.63) is 23.0 Å². The van der Waals surface area contributed by atoms with Crippen molar-refractivity contribution in [3.8, 4) is 0 Å². The van der Waals surface area contributed by atoms with Gasteiger partial charge in [-0.2, -0.15) is 0 Å². The number of aromatic nitrogens is 1. The molecule has 0 saturated carbocycles. The van der Waals surface area contributed by atoms with E-state index in [1.807, 2.05) is 0 Å². The Kier molecular flexibility index (Phi) is 3.83. The molecule has 0 bridgehead atoms. The minimum Gasteiger partial charge on any atom is -0.368 e. The molecule has 1 fully saturated rings. The first-order valence-electron chi connectivity index (χ1n) is 6.98. The van der Waals surface area contributed by atoms with E-state index >= 15 is 0 Å². The first-order chi connectivity index (χ1) is 8.85. The Balaban J connectivity index is 2.37. The van der Waals surface area contributed by atoms with Crippen LogP contribution >= 0.6 is 0 Å². The van der Waals surface area contributed by atoms with Crippen LogP contribution in [0.2, 0.25) is 0 Å². The Bertz CT molecular complexity index is 467. The molecule has 1 aliphatic rings. The molecule has 0 unspecified atom stereocenters. The zero-order valence-electron chi connectivity index (χ0n) is 12.8. The molecule has 1 aromatic rings. The summed E-state index contributed by atoms with van der Waals surface area (Å²) in [6.07, 6.45) is 0. The molecule has 0 aliphatic carbocycles. The minimum atomic E-state index is 0.190. The van der Waals surface area contributed by atoms with Crippen LogP contribution in [-0.2, 0) is 6.54 Å². The number of hydrogen-bond acceptors (Lipinski definition) is 4. The second kappa shape index (κ2) is 5.10. The minimum absolute atomic E-state index is 0.190. The van der Waals surface area contributed by atoms with Crippen LogP contribution in [0.1, 0.15) is 30.8 Å². The lowest BCUT2D eigenvalue weighted by atomic mass is 9.98. The van der Waals surface area contributed by atoms with Crippen molar-refractivity contribution in [2.75, 3.05) is 31.6 Å². The Labute approximate surface area is 116 Å². The number of piperazine rings is 1. The van der Waals surface area contributed by atoms with Gasteiger partial charge in [0, 0.05) is 54.4 Å². The summed E-state index contributed by atoms with van der Waals surface area (Å²) < 4.78 is 0. The SMILES string of the molecule is Cc1cc(N2CCN(C)C(C)(C)C2)c(CN)c(C)n1. The third kappa shape index (κ3) is 2.74. The molecule has 0 spiro atoms. The van der Waals surface area contributed by atoms with Gasteiger partial charge in [-0.15, -0.1) is 0 Å². The maximum absolute atomic E-state index is 5.93. The fourth-order valence-electron chi connectivity index (χ4n) is 2.81. The zero-order chi connectivity index (χ0) is 14.2. The summed E-state index contributed by atoms with van der Waals surface area (Å²) in [6.45, 7) is 12.4. The van der Waals surface area contributed by atoms with Gasteiger partial charge in [-0.1, -0.05) is 0 Å². The summed E-state index contributed by atoms with van der Waals surface area (Å²) in [7, 11) is 2.20. The molecule has 4 heteroatoms. The molecule has 0 radical (unpaired) electrons. The van der Waals surface area contributed by atoms with Crippen LogP contribution in [0.15, 0.2) is 6.07 Å². The predicted octanol–water partition coefficient (Wildman–Crippen LogP) is 1.69. The molecule has 0 amide bonds. The van der Waals surface area contributed by atoms with Gasteiger partial charge in [0.1, 0.15) is 0 Å². The predicted molar refractivity (Wildman–Crippen MR) is 80.5 cm³/mol. The Morgan fingerprint density at radius 3 is 2.58 bits per heavy atom. The van der Waals surface area contributed by atoms with E-state index in [0.29, 0.717) is 6.54 Å². The van der Waals surface area contributed by atoms with E-state index in [1.165, 1.54) is 11.3 Å². The highest BCUT2D eigenvalue weighted by Gasteiger charge is 2.32. The largest absolute Gasteiger partial charge is 0.368 e. The quantitative estimate of drug-likeness (QED) is 0.881. The molecule has 2 rings (SSSR count). The Morgan fingerprint density at radius 1 is 1.32 bits per heavy atom. The summed E-state index contributed by atoms with van der Waals surface area (Å²) in [5.74, 6) is 0. The van der Waals surface area contributed by atoms with Crippen molar-refractivity contribution in [1.29, 1.82) is 0 Å². The number of hydrogen-bond donors (Lipinski definition) is 1. The monoisotopic (exact) mass is 262 g/mol. The molecule has 19 heavy (non-hydrogen) atoms. The topological polar surface area (TPSA) is 45.4 Å². The van der Waals surface area contributed by atoms with Gasteiger partial charge in [-0.3, -0.25) is 9.88 Å². The number of aryl methyl sites for hydroxylation is 2. The van der Waals surface area contributed by atoms with Gasteiger partial charge in [-0.25, -0.2) is 0 Å². The van der Waals surface area contributed by atoms with Crippen molar-refractivity contribution in [2.24, 2.45) is 5.73 Å². The van der Waals surface area contributed by atoms with Gasteiger partial charge in [0.25, 0.3) is 0 Å². The number of nitrogens with two attached hydrogens (primary N) is 1. The second-order valence-electron chi connectivity index (χ2n) is 6.21. The molecule has 1 aliphatic heterocycles. The highest BCUT2D eigenvalue weighted by molar-refractivity contribution is 5.56. The fraction of sp³-hybridized carbons (Fsp3) is 0.667. The zero-order valence-corrected chi connectivity index (χ0v) is 12.8. The number of likely N-dealkylation sites (N-methyl/N-ethyl adjacent to an activating group) is 1. The van der Waals surface area contributed by atoms with E-state index in [4.69, 9.17) is 5.73 Å². The lowest BCUT2D eigenvalue weighted by Crippen LogP contribution is -2.58. The van der Waals surface area contributed by atoms with Crippen molar-refractivity contribution >= 4 is 5.69 Å². The van der Waals surface area contributed by atoms with E-state index in [2.05, 4.69) is 55.6 Å². The lowest BCUT2D eigenvalue weighted by molar-refractivity contribution is 0.139. The first kappa shape index (κ1) is 14.3. The molecule has 2 N–H and O–H groups in total. The molecule has 0 aromatic carbocycles. The van der Waals surface area contributed by atoms with Gasteiger partial charge in [0.2, 0.25) is 0 Å². The maximum Gasteiger partial charge on any atom is 0.0449 e. The molecular formula is C15H26N4. The van der Waals surface area contributed by atoms with E-state index in [0.717, 1.165) is 31.0 Å². The van der Waals surface area contributed by atoms with E-state index in [9.17, 15) is 0 Å². The van der Waals surface area contributed by atoms with Gasteiger partial charge in [-0.05, 0) is 40.8 Å². The van der Waals surface area contributed by atoms with Crippen molar-refractivity contribution < 1.29 is 0 Å². The first-order valence-corrected chi connectivity index (χ1v) is 6.98. The number of rotatable bonds is 2. The van der Waals surface area contributed by atoms with Gasteiger partial charge >= 0.3 is 0 Å².